The first-order valence-electron chi connectivity index (χ1n) is 15.8. The van der Waals surface area contributed by atoms with Crippen LogP contribution in [0, 0.1) is 19.8 Å². The van der Waals surface area contributed by atoms with Gasteiger partial charge in [-0.25, -0.2) is 18.1 Å². The predicted octanol–water partition coefficient (Wildman–Crippen LogP) is 5.83. The number of ether oxygens (including phenoxy) is 1. The Hall–Kier alpha value is -3.50. The average Bonchev–Trinajstić information content (AvgIpc) is 2.90. The zero-order valence-electron chi connectivity index (χ0n) is 26.3. The maximum Gasteiger partial charge on any atom is 0.264 e. The summed E-state index contributed by atoms with van der Waals surface area (Å²) in [4.78, 5) is 27.9. The minimum absolute atomic E-state index is 0.0114. The molecule has 1 atom stereocenters. The number of benzene rings is 2. The third kappa shape index (κ3) is 6.06. The quantitative estimate of drug-likeness (QED) is 0.371. The second kappa shape index (κ2) is 12.1. The van der Waals surface area contributed by atoms with Gasteiger partial charge in [-0.2, -0.15) is 4.98 Å². The van der Waals surface area contributed by atoms with Crippen LogP contribution in [0.3, 0.4) is 0 Å². The maximum absolute atomic E-state index is 14.3. The van der Waals surface area contributed by atoms with Gasteiger partial charge in [-0.3, -0.25) is 4.79 Å². The minimum Gasteiger partial charge on any atom is -0.475 e. The molecule has 10 heteroatoms. The van der Waals surface area contributed by atoms with Gasteiger partial charge in [-0.1, -0.05) is 44.5 Å². The Balaban J connectivity index is 1.42. The molecule has 9 nitrogen and oxygen atoms in total. The van der Waals surface area contributed by atoms with Crippen LogP contribution in [0.5, 0.6) is 5.88 Å². The molecule has 3 aliphatic rings. The molecule has 234 valence electrons. The number of nitrogens with one attached hydrogen (secondary N) is 1. The third-order valence-corrected chi connectivity index (χ3v) is 10.9. The summed E-state index contributed by atoms with van der Waals surface area (Å²) in [7, 11) is -1.89. The van der Waals surface area contributed by atoms with E-state index in [1.54, 1.807) is 18.2 Å². The van der Waals surface area contributed by atoms with E-state index < -0.39 is 10.0 Å². The molecular formula is C34H43N5O4S. The number of carbonyl (C=O) groups excluding carboxylic acids is 1. The van der Waals surface area contributed by atoms with E-state index >= 15 is 0 Å². The normalized spacial score (nSPS) is 23.5. The lowest BCUT2D eigenvalue weighted by molar-refractivity contribution is -0.0158. The van der Waals surface area contributed by atoms with Gasteiger partial charge in [0.1, 0.15) is 6.61 Å². The fourth-order valence-electron chi connectivity index (χ4n) is 6.84. The van der Waals surface area contributed by atoms with Gasteiger partial charge >= 0.3 is 0 Å². The van der Waals surface area contributed by atoms with Crippen LogP contribution >= 0.6 is 0 Å². The van der Waals surface area contributed by atoms with E-state index in [1.807, 2.05) is 36.9 Å². The Bertz CT molecular complexity index is 1630. The third-order valence-electron chi connectivity index (χ3n) is 9.56. The molecule has 1 aliphatic heterocycles. The number of hydrogen-bond donors (Lipinski definition) is 1. The molecule has 1 aromatic heterocycles. The zero-order chi connectivity index (χ0) is 31.2. The van der Waals surface area contributed by atoms with E-state index in [-0.39, 0.29) is 41.3 Å². The predicted molar refractivity (Wildman–Crippen MR) is 171 cm³/mol. The van der Waals surface area contributed by atoms with Crippen molar-refractivity contribution in [2.24, 2.45) is 5.92 Å². The summed E-state index contributed by atoms with van der Waals surface area (Å²) < 4.78 is 36.2. The van der Waals surface area contributed by atoms with E-state index in [1.165, 1.54) is 31.4 Å². The van der Waals surface area contributed by atoms with Crippen molar-refractivity contribution in [2.45, 2.75) is 95.3 Å². The molecule has 2 heterocycles. The number of anilines is 1. The molecule has 0 saturated heterocycles. The van der Waals surface area contributed by atoms with Crippen LogP contribution in [0.2, 0.25) is 0 Å². The SMILES string of the molecule is Cc1cccc(C)c1-c1cc2nc(n1)NS(=O)(=O)c1cccc(c1)C(=O)N(C1CC(N(C)C3CCC3)C1)[C@H](CC(C)C)CO2. The minimum atomic E-state index is -4.10. The van der Waals surface area contributed by atoms with Crippen LogP contribution in [-0.2, 0) is 10.0 Å². The topological polar surface area (TPSA) is 105 Å². The standard InChI is InChI=1S/C34H43N5O4S/c1-21(2)15-28-20-43-31-19-30(32-22(3)9-6-10-23(32)4)35-34(36-31)37-44(41,42)29-14-7-11-24(16-29)33(40)39(28)27-17-26(18-27)38(5)25-12-8-13-25/h6-7,9-11,14,16,19,21,25-28H,8,12-13,15,17-18,20H2,1-5H3,(H,35,36,37)/t26?,27?,28-/m1/s1. The second-order valence-corrected chi connectivity index (χ2v) is 14.8. The van der Waals surface area contributed by atoms with E-state index in [2.05, 4.69) is 40.5 Å². The van der Waals surface area contributed by atoms with Gasteiger partial charge in [0.25, 0.3) is 15.9 Å². The van der Waals surface area contributed by atoms with Gasteiger partial charge in [0.15, 0.2) is 0 Å². The molecule has 0 unspecified atom stereocenters. The number of aromatic nitrogens is 2. The van der Waals surface area contributed by atoms with Gasteiger partial charge in [-0.15, -0.1) is 0 Å². The molecular weight excluding hydrogens is 574 g/mol. The van der Waals surface area contributed by atoms with Crippen LogP contribution in [0.4, 0.5) is 5.95 Å². The Kier molecular flexibility index (Phi) is 8.41. The van der Waals surface area contributed by atoms with Crippen molar-refractivity contribution in [3.63, 3.8) is 0 Å². The van der Waals surface area contributed by atoms with Crippen molar-refractivity contribution in [1.82, 2.24) is 19.8 Å². The summed E-state index contributed by atoms with van der Waals surface area (Å²) in [6.45, 7) is 8.53. The molecule has 2 aliphatic carbocycles. The Morgan fingerprint density at radius 3 is 2.39 bits per heavy atom. The summed E-state index contributed by atoms with van der Waals surface area (Å²) >= 11 is 0. The average molecular weight is 618 g/mol. The number of nitrogens with zero attached hydrogens (tertiary/aromatic N) is 4. The van der Waals surface area contributed by atoms with Crippen molar-refractivity contribution < 1.29 is 17.9 Å². The molecule has 0 radical (unpaired) electrons. The van der Waals surface area contributed by atoms with Gasteiger partial charge in [-0.05, 0) is 88.2 Å². The number of fused-ring (bicyclic) bond motifs is 4. The summed E-state index contributed by atoms with van der Waals surface area (Å²) in [6, 6.07) is 14.9. The molecule has 2 fully saturated rings. The van der Waals surface area contributed by atoms with Crippen molar-refractivity contribution >= 4 is 21.9 Å². The highest BCUT2D eigenvalue weighted by Gasteiger charge is 2.43. The number of aryl methyl sites for hydroxylation is 2. The molecule has 3 aromatic rings. The Labute approximate surface area is 261 Å². The van der Waals surface area contributed by atoms with Crippen molar-refractivity contribution in [3.8, 4) is 17.1 Å². The fourth-order valence-corrected chi connectivity index (χ4v) is 7.83. The van der Waals surface area contributed by atoms with Crippen molar-refractivity contribution in [1.29, 1.82) is 0 Å². The van der Waals surface area contributed by atoms with Gasteiger partial charge in [0, 0.05) is 35.3 Å². The first kappa shape index (κ1) is 30.5. The summed E-state index contributed by atoms with van der Waals surface area (Å²) in [6.07, 6.45) is 6.29. The van der Waals surface area contributed by atoms with Crippen LogP contribution in [0.25, 0.3) is 11.3 Å². The molecule has 44 heavy (non-hydrogen) atoms. The van der Waals surface area contributed by atoms with Gasteiger partial charge < -0.3 is 14.5 Å². The van der Waals surface area contributed by atoms with Crippen LogP contribution in [-0.4, -0.2) is 71.9 Å². The van der Waals surface area contributed by atoms with Gasteiger partial charge in [0.05, 0.1) is 16.6 Å². The molecule has 4 bridgehead atoms. The monoisotopic (exact) mass is 617 g/mol. The zero-order valence-corrected chi connectivity index (χ0v) is 27.1. The summed E-state index contributed by atoms with van der Waals surface area (Å²) in [5.74, 6) is 0.329. The highest BCUT2D eigenvalue weighted by molar-refractivity contribution is 7.92. The van der Waals surface area contributed by atoms with E-state index in [4.69, 9.17) is 4.74 Å². The van der Waals surface area contributed by atoms with Gasteiger partial charge in [0.2, 0.25) is 11.8 Å². The number of amides is 1. The Morgan fingerprint density at radius 1 is 1.02 bits per heavy atom. The lowest BCUT2D eigenvalue weighted by Gasteiger charge is -2.52. The van der Waals surface area contributed by atoms with E-state index in [9.17, 15) is 13.2 Å². The smallest absolute Gasteiger partial charge is 0.264 e. The van der Waals surface area contributed by atoms with Crippen molar-refractivity contribution in [2.75, 3.05) is 18.4 Å². The molecule has 2 saturated carbocycles. The summed E-state index contributed by atoms with van der Waals surface area (Å²) in [5.41, 5.74) is 3.84. The lowest BCUT2D eigenvalue weighted by atomic mass is 9.80. The summed E-state index contributed by atoms with van der Waals surface area (Å²) in [5, 5.41) is 0. The molecule has 1 amide bonds. The number of hydrogen-bond acceptors (Lipinski definition) is 7. The van der Waals surface area contributed by atoms with Crippen LogP contribution < -0.4 is 9.46 Å². The highest BCUT2D eigenvalue weighted by Crippen LogP contribution is 2.38. The molecule has 2 aromatic carbocycles. The van der Waals surface area contributed by atoms with Crippen molar-refractivity contribution in [3.05, 3.63) is 65.2 Å². The molecule has 1 N–H and O–H groups in total. The number of carbonyl (C=O) groups is 1. The van der Waals surface area contributed by atoms with E-state index in [0.29, 0.717) is 29.3 Å². The lowest BCUT2D eigenvalue weighted by Crippen LogP contribution is -2.60. The van der Waals surface area contributed by atoms with Crippen LogP contribution in [0.15, 0.2) is 53.4 Å². The largest absolute Gasteiger partial charge is 0.475 e. The van der Waals surface area contributed by atoms with E-state index in [0.717, 1.165) is 36.0 Å². The van der Waals surface area contributed by atoms with Crippen LogP contribution in [0.1, 0.15) is 73.9 Å². The molecule has 6 rings (SSSR count). The number of rotatable bonds is 6. The Morgan fingerprint density at radius 2 is 1.73 bits per heavy atom. The second-order valence-electron chi connectivity index (χ2n) is 13.2. The maximum atomic E-state index is 14.3. The first-order valence-corrected chi connectivity index (χ1v) is 17.2. The first-order chi connectivity index (χ1) is 21.0. The fraction of sp³-hybridized carbons (Fsp3) is 0.500. The highest BCUT2D eigenvalue weighted by atomic mass is 32.2. The number of sulfonamides is 1. The molecule has 0 spiro atoms.